The molecule has 0 aromatic heterocycles. The molecule has 1 heterocycles. The highest BCUT2D eigenvalue weighted by Gasteiger charge is 2.62. The third-order valence-corrected chi connectivity index (χ3v) is 6.12. The third kappa shape index (κ3) is 2.61. The van der Waals surface area contributed by atoms with Gasteiger partial charge in [0.2, 0.25) is 5.91 Å². The van der Waals surface area contributed by atoms with Crippen molar-refractivity contribution in [2.75, 3.05) is 13.2 Å². The zero-order chi connectivity index (χ0) is 16.8. The van der Waals surface area contributed by atoms with Gasteiger partial charge in [-0.15, -0.1) is 0 Å². The molecule has 1 atom stereocenters. The maximum absolute atomic E-state index is 13.3. The number of alkyl halides is 3. The molecular weight excluding hydrogens is 309 g/mol. The average molecular weight is 330 g/mol. The first-order valence-electron chi connectivity index (χ1n) is 8.15. The number of nitriles is 1. The minimum Gasteiger partial charge on any atom is -0.379 e. The molecular formula is C16H21F3N2O2. The summed E-state index contributed by atoms with van der Waals surface area (Å²) < 4.78 is 45.1. The molecule has 1 unspecified atom stereocenters. The average Bonchev–Trinajstić information content (AvgIpc) is 2.56. The predicted octanol–water partition coefficient (Wildman–Crippen LogP) is 3.08. The van der Waals surface area contributed by atoms with Crippen LogP contribution in [0.4, 0.5) is 13.2 Å². The number of hydrogen-bond acceptors (Lipinski definition) is 3. The van der Waals surface area contributed by atoms with Crippen molar-refractivity contribution in [2.45, 2.75) is 63.1 Å². The third-order valence-electron chi connectivity index (χ3n) is 6.12. The van der Waals surface area contributed by atoms with Crippen molar-refractivity contribution in [3.8, 4) is 6.07 Å². The normalized spacial score (nSPS) is 40.4. The Morgan fingerprint density at radius 1 is 1.09 bits per heavy atom. The molecule has 1 N–H and O–H groups in total. The number of amides is 1. The Hall–Kier alpha value is -1.29. The molecule has 2 bridgehead atoms. The zero-order valence-electron chi connectivity index (χ0n) is 13.0. The Bertz CT molecular complexity index is 508. The van der Waals surface area contributed by atoms with Crippen LogP contribution in [0.2, 0.25) is 0 Å². The number of ether oxygens (including phenoxy) is 1. The Labute approximate surface area is 133 Å². The second kappa shape index (κ2) is 5.37. The molecule has 4 nitrogen and oxygen atoms in total. The molecule has 0 aromatic carbocycles. The van der Waals surface area contributed by atoms with Crippen molar-refractivity contribution in [2.24, 2.45) is 10.8 Å². The van der Waals surface area contributed by atoms with Gasteiger partial charge in [-0.1, -0.05) is 0 Å². The van der Waals surface area contributed by atoms with Crippen LogP contribution in [-0.4, -0.2) is 30.8 Å². The summed E-state index contributed by atoms with van der Waals surface area (Å²) in [5.74, 6) is -0.374. The lowest BCUT2D eigenvalue weighted by Gasteiger charge is -2.54. The van der Waals surface area contributed by atoms with Crippen molar-refractivity contribution in [3.05, 3.63) is 0 Å². The van der Waals surface area contributed by atoms with E-state index in [1.54, 1.807) is 0 Å². The number of nitrogens with zero attached hydrogens (tertiary/aromatic N) is 1. The summed E-state index contributed by atoms with van der Waals surface area (Å²) in [5, 5.41) is 12.4. The van der Waals surface area contributed by atoms with Crippen molar-refractivity contribution >= 4 is 5.91 Å². The van der Waals surface area contributed by atoms with Gasteiger partial charge in [-0.2, -0.15) is 18.4 Å². The predicted molar refractivity (Wildman–Crippen MR) is 75.2 cm³/mol. The molecule has 4 rings (SSSR count). The fraction of sp³-hybridized carbons (Fsp3) is 0.875. The van der Waals surface area contributed by atoms with Crippen molar-refractivity contribution in [3.63, 3.8) is 0 Å². The maximum atomic E-state index is 13.3. The highest BCUT2D eigenvalue weighted by molar-refractivity contribution is 5.86. The van der Waals surface area contributed by atoms with E-state index in [2.05, 4.69) is 11.4 Å². The minimum atomic E-state index is -4.17. The summed E-state index contributed by atoms with van der Waals surface area (Å²) in [6.45, 7) is 0.605. The first kappa shape index (κ1) is 16.6. The van der Waals surface area contributed by atoms with Gasteiger partial charge < -0.3 is 10.1 Å². The second-order valence-corrected chi connectivity index (χ2v) is 7.36. The van der Waals surface area contributed by atoms with Crippen LogP contribution in [0.25, 0.3) is 0 Å². The number of carbonyl (C=O) groups is 1. The Balaban J connectivity index is 1.70. The van der Waals surface area contributed by atoms with E-state index in [1.807, 2.05) is 0 Å². The number of fused-ring (bicyclic) bond motifs is 3. The van der Waals surface area contributed by atoms with Gasteiger partial charge in [0.25, 0.3) is 0 Å². The van der Waals surface area contributed by atoms with Gasteiger partial charge >= 0.3 is 6.18 Å². The van der Waals surface area contributed by atoms with Gasteiger partial charge in [0.05, 0.1) is 18.1 Å². The lowest BCUT2D eigenvalue weighted by atomic mass is 9.56. The smallest absolute Gasteiger partial charge is 0.379 e. The molecule has 0 spiro atoms. The van der Waals surface area contributed by atoms with Crippen LogP contribution in [0.5, 0.6) is 0 Å². The lowest BCUT2D eigenvalue weighted by molar-refractivity contribution is -0.254. The monoisotopic (exact) mass is 330 g/mol. The summed E-state index contributed by atoms with van der Waals surface area (Å²) in [4.78, 5) is 12.6. The van der Waals surface area contributed by atoms with E-state index in [0.717, 1.165) is 0 Å². The molecule has 0 radical (unpaired) electrons. The van der Waals surface area contributed by atoms with Crippen LogP contribution in [0, 0.1) is 22.2 Å². The van der Waals surface area contributed by atoms with E-state index in [4.69, 9.17) is 4.74 Å². The molecule has 3 aliphatic carbocycles. The number of halogens is 3. The highest BCUT2D eigenvalue weighted by atomic mass is 19.4. The van der Waals surface area contributed by atoms with Gasteiger partial charge in [-0.25, -0.2) is 0 Å². The van der Waals surface area contributed by atoms with Crippen molar-refractivity contribution < 1.29 is 22.7 Å². The quantitative estimate of drug-likeness (QED) is 0.846. The van der Waals surface area contributed by atoms with Gasteiger partial charge in [0.1, 0.15) is 0 Å². The fourth-order valence-electron chi connectivity index (χ4n) is 4.27. The van der Waals surface area contributed by atoms with E-state index in [1.165, 1.54) is 0 Å². The molecule has 4 aliphatic rings. The van der Waals surface area contributed by atoms with Crippen LogP contribution in [-0.2, 0) is 9.53 Å². The SMILES string of the molecule is N#CC1(C(=O)NC23CCC(C(F)(F)F)(CC2)CC3)CCCOC1. The Morgan fingerprint density at radius 3 is 2.13 bits per heavy atom. The topological polar surface area (TPSA) is 62.1 Å². The first-order chi connectivity index (χ1) is 10.8. The van der Waals surface area contributed by atoms with Crippen molar-refractivity contribution in [1.29, 1.82) is 5.26 Å². The molecule has 1 aliphatic heterocycles. The number of nitrogens with one attached hydrogen (secondary N) is 1. The molecule has 0 aromatic rings. The van der Waals surface area contributed by atoms with Gasteiger partial charge in [0, 0.05) is 12.1 Å². The van der Waals surface area contributed by atoms with E-state index >= 15 is 0 Å². The van der Waals surface area contributed by atoms with Crippen LogP contribution in [0.3, 0.4) is 0 Å². The number of hydrogen-bond donors (Lipinski definition) is 1. The minimum absolute atomic E-state index is 0.0623. The second-order valence-electron chi connectivity index (χ2n) is 7.36. The summed E-state index contributed by atoms with van der Waals surface area (Å²) in [6, 6.07) is 2.08. The Kier molecular flexibility index (Phi) is 3.87. The fourth-order valence-corrected chi connectivity index (χ4v) is 4.27. The van der Waals surface area contributed by atoms with Crippen LogP contribution >= 0.6 is 0 Å². The summed E-state index contributed by atoms with van der Waals surface area (Å²) in [7, 11) is 0. The molecule has 4 fully saturated rings. The largest absolute Gasteiger partial charge is 0.394 e. The van der Waals surface area contributed by atoms with Crippen molar-refractivity contribution in [1.82, 2.24) is 5.32 Å². The van der Waals surface area contributed by atoms with E-state index in [-0.39, 0.29) is 31.8 Å². The maximum Gasteiger partial charge on any atom is 0.394 e. The number of carbonyl (C=O) groups excluding carboxylic acids is 1. The summed E-state index contributed by atoms with van der Waals surface area (Å²) >= 11 is 0. The molecule has 128 valence electrons. The van der Waals surface area contributed by atoms with Crippen LogP contribution < -0.4 is 5.32 Å². The lowest BCUT2D eigenvalue weighted by Crippen LogP contribution is -2.62. The van der Waals surface area contributed by atoms with Gasteiger partial charge in [-0.05, 0) is 51.4 Å². The number of rotatable bonds is 2. The first-order valence-corrected chi connectivity index (χ1v) is 8.15. The molecule has 23 heavy (non-hydrogen) atoms. The van der Waals surface area contributed by atoms with E-state index in [0.29, 0.717) is 38.7 Å². The summed E-state index contributed by atoms with van der Waals surface area (Å²) in [5.41, 5.74) is -3.34. The standard InChI is InChI=1S/C16H21F3N2O2/c17-16(18,19)14-3-6-15(7-4-14,8-5-14)21-12(22)13(10-20)2-1-9-23-11-13/h1-9,11H2,(H,21,22). The highest BCUT2D eigenvalue weighted by Crippen LogP contribution is 2.59. The molecule has 7 heteroatoms. The van der Waals surface area contributed by atoms with Gasteiger partial charge in [-0.3, -0.25) is 4.79 Å². The van der Waals surface area contributed by atoms with E-state index < -0.39 is 22.5 Å². The van der Waals surface area contributed by atoms with Gasteiger partial charge in [0.15, 0.2) is 5.41 Å². The molecule has 1 saturated heterocycles. The van der Waals surface area contributed by atoms with E-state index in [9.17, 15) is 23.2 Å². The van der Waals surface area contributed by atoms with Crippen LogP contribution in [0.1, 0.15) is 51.4 Å². The Morgan fingerprint density at radius 2 is 1.70 bits per heavy atom. The molecule has 1 amide bonds. The van der Waals surface area contributed by atoms with Crippen LogP contribution in [0.15, 0.2) is 0 Å². The molecule has 3 saturated carbocycles. The summed E-state index contributed by atoms with van der Waals surface area (Å²) in [6.07, 6.45) is -1.90. The zero-order valence-corrected chi connectivity index (χ0v) is 13.0.